The summed E-state index contributed by atoms with van der Waals surface area (Å²) in [7, 11) is 0. The molecule has 1 atom stereocenters. The molecule has 154 valence electrons. The van der Waals surface area contributed by atoms with Crippen molar-refractivity contribution in [2.24, 2.45) is 0 Å². The highest BCUT2D eigenvalue weighted by atomic mass is 16.5. The van der Waals surface area contributed by atoms with Crippen molar-refractivity contribution in [3.63, 3.8) is 0 Å². The summed E-state index contributed by atoms with van der Waals surface area (Å²) in [5, 5.41) is 7.41. The van der Waals surface area contributed by atoms with Gasteiger partial charge in [0.2, 0.25) is 5.91 Å². The van der Waals surface area contributed by atoms with Gasteiger partial charge in [-0.25, -0.2) is 9.97 Å². The average molecular weight is 405 g/mol. The van der Waals surface area contributed by atoms with Crippen molar-refractivity contribution in [2.45, 2.75) is 40.0 Å². The number of ketones is 1. The highest BCUT2D eigenvalue weighted by molar-refractivity contribution is 6.08. The summed E-state index contributed by atoms with van der Waals surface area (Å²) >= 11 is 0. The summed E-state index contributed by atoms with van der Waals surface area (Å²) in [5.74, 6) is 0.540. The van der Waals surface area contributed by atoms with Crippen molar-refractivity contribution in [1.82, 2.24) is 19.7 Å². The fourth-order valence-corrected chi connectivity index (χ4v) is 3.80. The minimum absolute atomic E-state index is 0.0687. The molecular formula is C22H23N5O3. The fraction of sp³-hybridized carbons (Fsp3) is 0.318. The van der Waals surface area contributed by atoms with Gasteiger partial charge in [-0.15, -0.1) is 0 Å². The van der Waals surface area contributed by atoms with Crippen LogP contribution in [-0.4, -0.2) is 38.0 Å². The van der Waals surface area contributed by atoms with Gasteiger partial charge in [-0.3, -0.25) is 9.59 Å². The molecule has 30 heavy (non-hydrogen) atoms. The van der Waals surface area contributed by atoms with Crippen LogP contribution in [0.25, 0.3) is 5.95 Å². The van der Waals surface area contributed by atoms with Crippen LogP contribution in [0, 0.1) is 20.8 Å². The lowest BCUT2D eigenvalue weighted by atomic mass is 9.85. The van der Waals surface area contributed by atoms with E-state index in [1.165, 1.54) is 4.68 Å². The highest BCUT2D eigenvalue weighted by Gasteiger charge is 2.36. The number of hydrogen-bond acceptors (Lipinski definition) is 6. The number of carbonyl (C=O) groups is 2. The van der Waals surface area contributed by atoms with Gasteiger partial charge in [0.05, 0.1) is 18.2 Å². The number of ether oxygens (including phenoxy) is 1. The quantitative estimate of drug-likeness (QED) is 0.654. The largest absolute Gasteiger partial charge is 0.494 e. The number of aryl methyl sites for hydroxylation is 3. The Bertz CT molecular complexity index is 1110. The Kier molecular flexibility index (Phi) is 5.07. The van der Waals surface area contributed by atoms with Crippen molar-refractivity contribution in [3.8, 4) is 11.7 Å². The number of nitrogens with one attached hydrogen (secondary N) is 1. The molecule has 1 aromatic carbocycles. The molecule has 1 aliphatic rings. The summed E-state index contributed by atoms with van der Waals surface area (Å²) in [4.78, 5) is 34.7. The minimum Gasteiger partial charge on any atom is -0.494 e. The van der Waals surface area contributed by atoms with Gasteiger partial charge in [0, 0.05) is 28.9 Å². The van der Waals surface area contributed by atoms with Gasteiger partial charge < -0.3 is 10.1 Å². The molecule has 8 heteroatoms. The first kappa shape index (κ1) is 19.8. The molecule has 1 N–H and O–H groups in total. The first-order chi connectivity index (χ1) is 14.4. The summed E-state index contributed by atoms with van der Waals surface area (Å²) in [6.45, 7) is 8.03. The molecule has 0 spiro atoms. The number of anilines is 1. The smallest absolute Gasteiger partial charge is 0.252 e. The Morgan fingerprint density at radius 1 is 1.17 bits per heavy atom. The van der Waals surface area contributed by atoms with E-state index in [2.05, 4.69) is 20.4 Å². The monoisotopic (exact) mass is 405 g/mol. The lowest BCUT2D eigenvalue weighted by Gasteiger charge is -2.23. The summed E-state index contributed by atoms with van der Waals surface area (Å²) in [6, 6.07) is 8.85. The maximum Gasteiger partial charge on any atom is 0.252 e. The highest BCUT2D eigenvalue weighted by Crippen LogP contribution is 2.38. The standard InChI is InChI=1S/C22H23N5O3/c1-5-30-16-8-6-15(7-9-16)20(29)17-11-18(28)25-21-19(17)14(4)26-27(21)22-23-12(2)10-13(3)24-22/h6-10,17H,5,11H2,1-4H3,(H,25,28). The Balaban J connectivity index is 1.76. The zero-order chi connectivity index (χ0) is 21.4. The van der Waals surface area contributed by atoms with Crippen LogP contribution in [0.15, 0.2) is 30.3 Å². The summed E-state index contributed by atoms with van der Waals surface area (Å²) < 4.78 is 6.96. The van der Waals surface area contributed by atoms with Crippen molar-refractivity contribution in [1.29, 1.82) is 0 Å². The summed E-state index contributed by atoms with van der Waals surface area (Å²) in [5.41, 5.74) is 3.49. The molecule has 1 aliphatic heterocycles. The number of carbonyl (C=O) groups excluding carboxylic acids is 2. The minimum atomic E-state index is -0.619. The number of Topliss-reactive ketones (excluding diaryl/α,β-unsaturated/α-hetero) is 1. The van der Waals surface area contributed by atoms with Crippen LogP contribution in [0.2, 0.25) is 0 Å². The van der Waals surface area contributed by atoms with Crippen LogP contribution >= 0.6 is 0 Å². The predicted molar refractivity (Wildman–Crippen MR) is 111 cm³/mol. The second-order valence-electron chi connectivity index (χ2n) is 7.34. The first-order valence-electron chi connectivity index (χ1n) is 9.86. The molecule has 3 aromatic rings. The van der Waals surface area contributed by atoms with Gasteiger partial charge in [0.15, 0.2) is 5.78 Å². The van der Waals surface area contributed by atoms with Gasteiger partial charge in [0.25, 0.3) is 5.95 Å². The third-order valence-corrected chi connectivity index (χ3v) is 5.03. The molecule has 3 heterocycles. The van der Waals surface area contributed by atoms with E-state index in [4.69, 9.17) is 4.74 Å². The fourth-order valence-electron chi connectivity index (χ4n) is 3.80. The van der Waals surface area contributed by atoms with Gasteiger partial charge in [-0.2, -0.15) is 9.78 Å². The molecular weight excluding hydrogens is 382 g/mol. The van der Waals surface area contributed by atoms with E-state index in [0.29, 0.717) is 40.9 Å². The molecule has 0 bridgehead atoms. The second-order valence-corrected chi connectivity index (χ2v) is 7.34. The third kappa shape index (κ3) is 3.56. The lowest BCUT2D eigenvalue weighted by molar-refractivity contribution is -0.116. The Labute approximate surface area is 174 Å². The normalized spacial score (nSPS) is 15.5. The van der Waals surface area contributed by atoms with Crippen molar-refractivity contribution >= 4 is 17.5 Å². The van der Waals surface area contributed by atoms with E-state index in [0.717, 1.165) is 11.4 Å². The van der Waals surface area contributed by atoms with Gasteiger partial charge >= 0.3 is 0 Å². The van der Waals surface area contributed by atoms with Crippen LogP contribution in [0.1, 0.15) is 52.3 Å². The first-order valence-corrected chi connectivity index (χ1v) is 9.86. The SMILES string of the molecule is CCOc1ccc(C(=O)C2CC(=O)Nc3c2c(C)nn3-c2nc(C)cc(C)n2)cc1. The molecule has 2 aromatic heterocycles. The van der Waals surface area contributed by atoms with Crippen molar-refractivity contribution in [3.05, 3.63) is 58.5 Å². The van der Waals surface area contributed by atoms with E-state index < -0.39 is 5.92 Å². The number of nitrogens with zero attached hydrogens (tertiary/aromatic N) is 4. The lowest BCUT2D eigenvalue weighted by Crippen LogP contribution is -2.28. The number of hydrogen-bond donors (Lipinski definition) is 1. The van der Waals surface area contributed by atoms with Crippen LogP contribution in [0.5, 0.6) is 5.75 Å². The number of benzene rings is 1. The molecule has 0 saturated carbocycles. The van der Waals surface area contributed by atoms with Gasteiger partial charge in [-0.1, -0.05) is 0 Å². The molecule has 0 aliphatic carbocycles. The van der Waals surface area contributed by atoms with Crippen LogP contribution < -0.4 is 10.1 Å². The van der Waals surface area contributed by atoms with E-state index >= 15 is 0 Å². The van der Waals surface area contributed by atoms with Gasteiger partial charge in [-0.05, 0) is 58.0 Å². The Morgan fingerprint density at radius 2 is 1.83 bits per heavy atom. The molecule has 1 amide bonds. The zero-order valence-electron chi connectivity index (χ0n) is 17.4. The number of aromatic nitrogens is 4. The van der Waals surface area contributed by atoms with E-state index in [1.54, 1.807) is 24.3 Å². The van der Waals surface area contributed by atoms with E-state index in [9.17, 15) is 9.59 Å². The third-order valence-electron chi connectivity index (χ3n) is 5.03. The second kappa shape index (κ2) is 7.70. The maximum absolute atomic E-state index is 13.3. The maximum atomic E-state index is 13.3. The molecule has 0 fully saturated rings. The Hall–Kier alpha value is -3.55. The molecule has 1 unspecified atom stereocenters. The molecule has 0 saturated heterocycles. The van der Waals surface area contributed by atoms with Crippen LogP contribution in [0.3, 0.4) is 0 Å². The average Bonchev–Trinajstić information content (AvgIpc) is 3.03. The van der Waals surface area contributed by atoms with Crippen LogP contribution in [-0.2, 0) is 4.79 Å². The molecule has 0 radical (unpaired) electrons. The van der Waals surface area contributed by atoms with Crippen LogP contribution in [0.4, 0.5) is 5.82 Å². The predicted octanol–water partition coefficient (Wildman–Crippen LogP) is 3.29. The van der Waals surface area contributed by atoms with Crippen molar-refractivity contribution < 1.29 is 14.3 Å². The number of fused-ring (bicyclic) bond motifs is 1. The Morgan fingerprint density at radius 3 is 2.47 bits per heavy atom. The van der Waals surface area contributed by atoms with E-state index in [-0.39, 0.29) is 18.1 Å². The number of rotatable bonds is 5. The molecule has 8 nitrogen and oxygen atoms in total. The number of amides is 1. The van der Waals surface area contributed by atoms with Gasteiger partial charge in [0.1, 0.15) is 11.6 Å². The van der Waals surface area contributed by atoms with Crippen molar-refractivity contribution in [2.75, 3.05) is 11.9 Å². The zero-order valence-corrected chi connectivity index (χ0v) is 17.4. The van der Waals surface area contributed by atoms with E-state index in [1.807, 2.05) is 33.8 Å². The summed E-state index contributed by atoms with van der Waals surface area (Å²) in [6.07, 6.45) is 0.0687. The topological polar surface area (TPSA) is 99.0 Å². The molecule has 4 rings (SSSR count).